The molecule has 462 valence electrons. The second kappa shape index (κ2) is 31.0. The second-order valence-electron chi connectivity index (χ2n) is 23.1. The Morgan fingerprint density at radius 1 is 0.709 bits per heavy atom. The number of piperidine rings is 1. The number of hydrogen-bond donors (Lipinski definition) is 2. The fourth-order valence-electron chi connectivity index (χ4n) is 9.75. The van der Waals surface area contributed by atoms with Gasteiger partial charge in [0.05, 0.1) is 38.4 Å². The maximum Gasteiger partial charge on any atom is 0.330 e. The van der Waals surface area contributed by atoms with Gasteiger partial charge in [-0.05, 0) is 120 Å². The van der Waals surface area contributed by atoms with Crippen molar-refractivity contribution in [1.29, 1.82) is 0 Å². The zero-order valence-corrected chi connectivity index (χ0v) is 51.0. The molecule has 0 aliphatic carbocycles. The van der Waals surface area contributed by atoms with Gasteiger partial charge in [0.1, 0.15) is 42.6 Å². The van der Waals surface area contributed by atoms with E-state index in [1.807, 2.05) is 30.3 Å². The number of esters is 2. The van der Waals surface area contributed by atoms with Crippen LogP contribution in [0.4, 0.5) is 0 Å². The van der Waals surface area contributed by atoms with Crippen molar-refractivity contribution in [2.45, 2.75) is 115 Å². The van der Waals surface area contributed by atoms with Crippen molar-refractivity contribution in [3.8, 4) is 17.2 Å². The van der Waals surface area contributed by atoms with E-state index >= 15 is 0 Å². The fraction of sp³-hybridized carbons (Fsp3) is 0.462. The van der Waals surface area contributed by atoms with Crippen LogP contribution < -0.4 is 24.8 Å². The van der Waals surface area contributed by atoms with Gasteiger partial charge >= 0.3 is 11.9 Å². The van der Waals surface area contributed by atoms with Gasteiger partial charge in [0, 0.05) is 46.7 Å². The molecule has 2 bridgehead atoms. The highest BCUT2D eigenvalue weighted by molar-refractivity contribution is 6.38. The molecule has 1 fully saturated rings. The highest BCUT2D eigenvalue weighted by Crippen LogP contribution is 2.33. The molecule has 0 spiro atoms. The first-order chi connectivity index (χ1) is 40.9. The lowest BCUT2D eigenvalue weighted by atomic mass is 9.87. The number of aryl methyl sites for hydroxylation is 1. The summed E-state index contributed by atoms with van der Waals surface area (Å²) in [7, 11) is 7.40. The zero-order chi connectivity index (χ0) is 62.7. The number of carbonyl (C=O) groups excluding carboxylic acids is 9. The number of nitrogens with one attached hydrogen (secondary N) is 2. The molecule has 4 aromatic carbocycles. The monoisotopic (exact) mass is 1190 g/mol. The predicted molar refractivity (Wildman–Crippen MR) is 318 cm³/mol. The Hall–Kier alpha value is -8.59. The molecule has 6 rings (SSSR count). The minimum atomic E-state index is -1.51. The molecule has 1 saturated heterocycles. The van der Waals surface area contributed by atoms with Gasteiger partial charge in [-0.25, -0.2) is 9.59 Å². The number of amides is 6. The van der Waals surface area contributed by atoms with Crippen molar-refractivity contribution < 1.29 is 71.6 Å². The van der Waals surface area contributed by atoms with Gasteiger partial charge in [-0.1, -0.05) is 84.9 Å². The third-order valence-corrected chi connectivity index (χ3v) is 14.9. The predicted octanol–water partition coefficient (Wildman–Crippen LogP) is 5.92. The van der Waals surface area contributed by atoms with E-state index in [9.17, 15) is 43.2 Å². The molecule has 2 aliphatic rings. The molecule has 2 N–H and O–H groups in total. The number of hydrogen-bond acceptors (Lipinski definition) is 15. The van der Waals surface area contributed by atoms with Gasteiger partial charge in [0.15, 0.2) is 18.1 Å². The first kappa shape index (κ1) is 66.5. The van der Waals surface area contributed by atoms with Crippen molar-refractivity contribution in [3.63, 3.8) is 0 Å². The third-order valence-electron chi connectivity index (χ3n) is 14.9. The Kier molecular flexibility index (Phi) is 24.0. The quantitative estimate of drug-likeness (QED) is 0.138. The lowest BCUT2D eigenvalue weighted by Gasteiger charge is -2.36. The van der Waals surface area contributed by atoms with E-state index < -0.39 is 114 Å². The first-order valence-corrected chi connectivity index (χ1v) is 28.8. The number of fused-ring (bicyclic) bond motifs is 3. The number of nitrogens with zero attached hydrogens (tertiary/aromatic N) is 4. The van der Waals surface area contributed by atoms with Crippen LogP contribution >= 0.6 is 0 Å². The summed E-state index contributed by atoms with van der Waals surface area (Å²) in [6.07, 6.45) is 3.87. The number of methoxy groups -OCH3 is 2. The van der Waals surface area contributed by atoms with Gasteiger partial charge in [-0.3, -0.25) is 33.6 Å². The van der Waals surface area contributed by atoms with Crippen LogP contribution in [0.2, 0.25) is 0 Å². The van der Waals surface area contributed by atoms with Crippen LogP contribution in [0.1, 0.15) is 101 Å². The Balaban J connectivity index is 1.32. The van der Waals surface area contributed by atoms with Crippen LogP contribution in [-0.2, 0) is 70.2 Å². The second-order valence-corrected chi connectivity index (χ2v) is 23.1. The number of ether oxygens (including phenoxy) is 6. The smallest absolute Gasteiger partial charge is 0.330 e. The van der Waals surface area contributed by atoms with E-state index in [4.69, 9.17) is 28.4 Å². The highest BCUT2D eigenvalue weighted by Gasteiger charge is 2.43. The molecule has 21 heteroatoms. The topological polar surface area (TPSA) is 246 Å². The number of ketones is 1. The summed E-state index contributed by atoms with van der Waals surface area (Å²) in [6.45, 7) is 6.69. The molecule has 4 aromatic rings. The molecule has 86 heavy (non-hydrogen) atoms. The third kappa shape index (κ3) is 19.0. The molecule has 1 unspecified atom stereocenters. The molecule has 6 amide bonds. The van der Waals surface area contributed by atoms with Gasteiger partial charge in [-0.15, -0.1) is 0 Å². The summed E-state index contributed by atoms with van der Waals surface area (Å²) in [5.41, 5.74) is 0.149. The van der Waals surface area contributed by atoms with Gasteiger partial charge in [-0.2, -0.15) is 0 Å². The summed E-state index contributed by atoms with van der Waals surface area (Å²) in [5.74, 6) is -5.30. The molecule has 5 atom stereocenters. The zero-order valence-electron chi connectivity index (χ0n) is 51.0. The Morgan fingerprint density at radius 3 is 2.08 bits per heavy atom. The van der Waals surface area contributed by atoms with Crippen molar-refractivity contribution in [2.75, 3.05) is 74.8 Å². The molecule has 0 saturated carbocycles. The Labute approximate surface area is 503 Å². The van der Waals surface area contributed by atoms with Crippen LogP contribution in [0.25, 0.3) is 0 Å². The molecule has 0 aromatic heterocycles. The van der Waals surface area contributed by atoms with E-state index in [1.165, 1.54) is 62.9 Å². The van der Waals surface area contributed by atoms with Crippen LogP contribution in [0.15, 0.2) is 115 Å². The summed E-state index contributed by atoms with van der Waals surface area (Å²) in [4.78, 5) is 132. The molecule has 21 nitrogen and oxygen atoms in total. The SMILES string of the molecule is COc1ccc(CC[C@H]2OC(=O)[C@@H]3CCCCN3C(=O)C(=O)C(C)(C)COC(=O)C=CCCN(C)C(=O)[C@@H](Cc3ccccc3)NC(=O)[C@H](COC(C)(C)C)N(C)C(=O)C(c3ccccc3)NC(=O)CN(C)C(=O)COc3cccc2c3)cc1OC. The maximum absolute atomic E-state index is 14.8. The number of benzene rings is 4. The van der Waals surface area contributed by atoms with Crippen molar-refractivity contribution >= 4 is 53.2 Å². The van der Waals surface area contributed by atoms with Gasteiger partial charge < -0.3 is 58.7 Å². The highest BCUT2D eigenvalue weighted by atomic mass is 16.5. The number of cyclic esters (lactones) is 2. The number of rotatable bonds is 10. The Bertz CT molecular complexity index is 3050. The van der Waals surface area contributed by atoms with Gasteiger partial charge in [0.2, 0.25) is 29.4 Å². The molecule has 2 aliphatic heterocycles. The van der Waals surface area contributed by atoms with E-state index in [0.717, 1.165) is 22.1 Å². The normalized spacial score (nSPS) is 21.7. The average Bonchev–Trinajstić information content (AvgIpc) is 3.63. The molecular weight excluding hydrogens is 1100 g/mol. The molecular formula is C65H82N6O15. The largest absolute Gasteiger partial charge is 0.493 e. The van der Waals surface area contributed by atoms with E-state index in [-0.39, 0.29) is 51.1 Å². The molecule has 0 radical (unpaired) electrons. The summed E-state index contributed by atoms with van der Waals surface area (Å²) >= 11 is 0. The Morgan fingerprint density at radius 2 is 1.40 bits per heavy atom. The number of carbonyl (C=O) groups is 9. The molecule has 2 heterocycles. The number of Topliss-reactive ketones (excluding diaryl/α,β-unsaturated/α-hetero) is 1. The summed E-state index contributed by atoms with van der Waals surface area (Å²) in [6, 6.07) is 24.5. The van der Waals surface area contributed by atoms with E-state index in [1.54, 1.807) is 101 Å². The van der Waals surface area contributed by atoms with Crippen LogP contribution in [0.5, 0.6) is 17.2 Å². The van der Waals surface area contributed by atoms with E-state index in [0.29, 0.717) is 41.9 Å². The minimum Gasteiger partial charge on any atom is -0.493 e. The van der Waals surface area contributed by atoms with E-state index in [2.05, 4.69) is 10.6 Å². The number of likely N-dealkylation sites (N-methyl/N-ethyl adjacent to an activating group) is 3. The van der Waals surface area contributed by atoms with Crippen molar-refractivity contribution in [3.05, 3.63) is 138 Å². The summed E-state index contributed by atoms with van der Waals surface area (Å²) < 4.78 is 34.9. The lowest BCUT2D eigenvalue weighted by molar-refractivity contribution is -0.165. The van der Waals surface area contributed by atoms with Crippen molar-refractivity contribution in [2.24, 2.45) is 5.41 Å². The lowest BCUT2D eigenvalue weighted by Crippen LogP contribution is -2.58. The maximum atomic E-state index is 14.8. The van der Waals surface area contributed by atoms with Crippen LogP contribution in [0.3, 0.4) is 0 Å². The van der Waals surface area contributed by atoms with Crippen LogP contribution in [-0.4, -0.2) is 171 Å². The van der Waals surface area contributed by atoms with Gasteiger partial charge in [0.25, 0.3) is 11.8 Å². The van der Waals surface area contributed by atoms with Crippen molar-refractivity contribution in [1.82, 2.24) is 30.2 Å². The summed E-state index contributed by atoms with van der Waals surface area (Å²) in [5, 5.41) is 5.66. The standard InChI is InChI=1S/C65H82N6O15/c1-64(2,3)85-40-50-59(76)66-48(36-43-22-13-11-14-23-43)60(77)68(6)34-19-18-29-56(74)84-42-65(4,5)58(75)62(79)71-35-20-17-28-49(71)63(80)86-51(32-30-44-31-33-52(81-9)53(37-44)82-10)46-26-21-27-47(38-46)83-41-55(73)69(7)39-54(72)67-57(61(78)70(50)8)45-24-15-12-16-25-45/h11-16,18,21-27,29,31,33,37-38,48-51,57H,17,19-20,28,30,32,34-36,39-42H2,1-10H3,(H,66,76)(H,67,72)/t48-,49+,50+,51-,57?/m1/s1. The first-order valence-electron chi connectivity index (χ1n) is 28.8. The average molecular weight is 1190 g/mol. The minimum absolute atomic E-state index is 0.0669. The van der Waals surface area contributed by atoms with Crippen LogP contribution in [0, 0.1) is 5.41 Å². The fourth-order valence-corrected chi connectivity index (χ4v) is 9.75.